The molecule has 0 fully saturated rings. The third-order valence-electron chi connectivity index (χ3n) is 4.83. The minimum atomic E-state index is -0.734. The summed E-state index contributed by atoms with van der Waals surface area (Å²) in [6.07, 6.45) is 6.70. The molecule has 5 heteroatoms. The molecule has 3 aromatic rings. The van der Waals surface area contributed by atoms with Crippen LogP contribution in [0.1, 0.15) is 38.5 Å². The Morgan fingerprint density at radius 3 is 2.11 bits per heavy atom. The van der Waals surface area contributed by atoms with Crippen LogP contribution in [0.25, 0.3) is 16.9 Å². The highest BCUT2D eigenvalue weighted by Gasteiger charge is 2.14. The van der Waals surface area contributed by atoms with E-state index < -0.39 is 5.97 Å². The molecule has 1 heterocycles. The molecule has 0 aliphatic heterocycles. The predicted octanol–water partition coefficient (Wildman–Crippen LogP) is 4.73. The van der Waals surface area contributed by atoms with Crippen molar-refractivity contribution >= 4 is 5.97 Å². The van der Waals surface area contributed by atoms with E-state index in [1.807, 2.05) is 66.9 Å². The van der Waals surface area contributed by atoms with Crippen molar-refractivity contribution in [3.05, 3.63) is 77.3 Å². The molecule has 0 aliphatic rings. The number of imidazole rings is 1. The Balaban J connectivity index is 1.73. The lowest BCUT2D eigenvalue weighted by molar-refractivity contribution is -0.137. The van der Waals surface area contributed by atoms with Gasteiger partial charge in [-0.15, -0.1) is 0 Å². The molecule has 0 saturated heterocycles. The quantitative estimate of drug-likeness (QED) is 0.519. The first-order valence-corrected chi connectivity index (χ1v) is 9.81. The van der Waals surface area contributed by atoms with E-state index in [4.69, 9.17) is 5.11 Å². The van der Waals surface area contributed by atoms with Crippen molar-refractivity contribution in [3.63, 3.8) is 0 Å². The van der Waals surface area contributed by atoms with Crippen LogP contribution in [0, 0.1) is 0 Å². The van der Waals surface area contributed by atoms with Crippen LogP contribution in [-0.4, -0.2) is 20.2 Å². The number of unbranched alkanes of at least 4 members (excludes halogenated alkanes) is 4. The molecule has 28 heavy (non-hydrogen) atoms. The summed E-state index contributed by atoms with van der Waals surface area (Å²) in [5.41, 5.74) is 2.73. The Kier molecular flexibility index (Phi) is 6.84. The molecule has 2 aromatic carbocycles. The molecule has 0 aliphatic carbocycles. The topological polar surface area (TPSA) is 64.2 Å². The number of carboxylic acids is 1. The molecule has 5 nitrogen and oxygen atoms in total. The van der Waals surface area contributed by atoms with Crippen molar-refractivity contribution in [1.82, 2.24) is 9.13 Å². The Labute approximate surface area is 164 Å². The minimum absolute atomic E-state index is 0.0315. The molecule has 0 spiro atoms. The lowest BCUT2D eigenvalue weighted by Gasteiger charge is -2.07. The summed E-state index contributed by atoms with van der Waals surface area (Å²) in [7, 11) is 0. The van der Waals surface area contributed by atoms with Crippen LogP contribution in [0.4, 0.5) is 0 Å². The lowest BCUT2D eigenvalue weighted by atomic mass is 10.1. The van der Waals surface area contributed by atoms with Gasteiger partial charge in [-0.1, -0.05) is 67.8 Å². The van der Waals surface area contributed by atoms with Crippen LogP contribution >= 0.6 is 0 Å². The maximum atomic E-state index is 13.1. The smallest absolute Gasteiger partial charge is 0.333 e. The largest absolute Gasteiger partial charge is 0.481 e. The molecule has 0 amide bonds. The number of aromatic nitrogens is 2. The van der Waals surface area contributed by atoms with Gasteiger partial charge in [-0.3, -0.25) is 13.9 Å². The number of aliphatic carboxylic acids is 1. The monoisotopic (exact) mass is 378 g/mol. The Bertz CT molecular complexity index is 943. The first kappa shape index (κ1) is 19.7. The zero-order valence-corrected chi connectivity index (χ0v) is 16.0. The number of carbonyl (C=O) groups is 1. The van der Waals surface area contributed by atoms with Crippen molar-refractivity contribution < 1.29 is 9.90 Å². The third-order valence-corrected chi connectivity index (χ3v) is 4.83. The van der Waals surface area contributed by atoms with E-state index in [1.54, 1.807) is 9.13 Å². The number of para-hydroxylation sites is 1. The Morgan fingerprint density at radius 1 is 0.821 bits per heavy atom. The van der Waals surface area contributed by atoms with Gasteiger partial charge in [-0.05, 0) is 25.0 Å². The molecule has 3 rings (SSSR count). The summed E-state index contributed by atoms with van der Waals surface area (Å²) >= 11 is 0. The van der Waals surface area contributed by atoms with Gasteiger partial charge in [0.05, 0.1) is 11.4 Å². The van der Waals surface area contributed by atoms with E-state index in [0.29, 0.717) is 6.54 Å². The number of benzene rings is 2. The highest BCUT2D eigenvalue weighted by Crippen LogP contribution is 2.21. The molecule has 0 bridgehead atoms. The predicted molar refractivity (Wildman–Crippen MR) is 111 cm³/mol. The number of nitrogens with zero attached hydrogens (tertiary/aromatic N) is 2. The highest BCUT2D eigenvalue weighted by molar-refractivity contribution is 5.66. The zero-order chi connectivity index (χ0) is 19.8. The maximum absolute atomic E-state index is 13.1. The number of carboxylic acid groups (broad SMARTS) is 1. The number of hydrogen-bond acceptors (Lipinski definition) is 2. The molecule has 0 atom stereocenters. The summed E-state index contributed by atoms with van der Waals surface area (Å²) in [5, 5.41) is 8.67. The van der Waals surface area contributed by atoms with E-state index in [2.05, 4.69) is 0 Å². The molecule has 0 radical (unpaired) electrons. The molecule has 1 N–H and O–H groups in total. The first-order chi connectivity index (χ1) is 13.7. The van der Waals surface area contributed by atoms with Crippen molar-refractivity contribution in [2.45, 2.75) is 45.1 Å². The molecule has 0 unspecified atom stereocenters. The second-order valence-corrected chi connectivity index (χ2v) is 6.94. The fourth-order valence-electron chi connectivity index (χ4n) is 3.38. The highest BCUT2D eigenvalue weighted by atomic mass is 16.4. The summed E-state index contributed by atoms with van der Waals surface area (Å²) in [6.45, 7) is 0.664. The van der Waals surface area contributed by atoms with E-state index in [-0.39, 0.29) is 12.1 Å². The van der Waals surface area contributed by atoms with Gasteiger partial charge < -0.3 is 5.11 Å². The number of aryl methyl sites for hydroxylation is 1. The summed E-state index contributed by atoms with van der Waals surface area (Å²) in [5.74, 6) is -0.734. The van der Waals surface area contributed by atoms with E-state index in [9.17, 15) is 9.59 Å². The average molecular weight is 378 g/mol. The van der Waals surface area contributed by atoms with Gasteiger partial charge in [-0.25, -0.2) is 4.79 Å². The summed E-state index contributed by atoms with van der Waals surface area (Å²) in [6, 6.07) is 19.7. The van der Waals surface area contributed by atoms with Crippen molar-refractivity contribution in [2.75, 3.05) is 0 Å². The molecule has 146 valence electrons. The zero-order valence-electron chi connectivity index (χ0n) is 16.0. The maximum Gasteiger partial charge on any atom is 0.333 e. The van der Waals surface area contributed by atoms with Gasteiger partial charge in [0.1, 0.15) is 0 Å². The van der Waals surface area contributed by atoms with Crippen LogP contribution in [0.3, 0.4) is 0 Å². The Morgan fingerprint density at radius 2 is 1.43 bits per heavy atom. The minimum Gasteiger partial charge on any atom is -0.481 e. The van der Waals surface area contributed by atoms with Gasteiger partial charge in [0, 0.05) is 24.7 Å². The third kappa shape index (κ3) is 5.00. The second kappa shape index (κ2) is 9.74. The molecule has 0 saturated carbocycles. The standard InChI is InChI=1S/C23H26N2O3/c26-22(27)16-10-2-1-3-11-17-24-18-21(19-12-6-4-7-13-19)25(23(24)28)20-14-8-5-9-15-20/h4-9,12-15,18H,1-3,10-11,16-17H2,(H,26,27). The number of hydrogen-bond donors (Lipinski definition) is 1. The number of rotatable bonds is 10. The van der Waals surface area contributed by atoms with E-state index in [0.717, 1.165) is 49.0 Å². The summed E-state index contributed by atoms with van der Waals surface area (Å²) < 4.78 is 3.55. The SMILES string of the molecule is O=C(O)CCCCCCCn1cc(-c2ccccc2)n(-c2ccccc2)c1=O. The molecule has 1 aromatic heterocycles. The fraction of sp³-hybridized carbons (Fsp3) is 0.304. The average Bonchev–Trinajstić information content (AvgIpc) is 3.04. The van der Waals surface area contributed by atoms with Crippen LogP contribution in [-0.2, 0) is 11.3 Å². The van der Waals surface area contributed by atoms with Crippen LogP contribution in [0.5, 0.6) is 0 Å². The fourth-order valence-corrected chi connectivity index (χ4v) is 3.38. The first-order valence-electron chi connectivity index (χ1n) is 9.81. The van der Waals surface area contributed by atoms with Gasteiger partial charge >= 0.3 is 11.7 Å². The van der Waals surface area contributed by atoms with E-state index in [1.165, 1.54) is 0 Å². The van der Waals surface area contributed by atoms with Crippen LogP contribution < -0.4 is 5.69 Å². The van der Waals surface area contributed by atoms with Gasteiger partial charge in [0.25, 0.3) is 0 Å². The molecular weight excluding hydrogens is 352 g/mol. The second-order valence-electron chi connectivity index (χ2n) is 6.94. The van der Waals surface area contributed by atoms with Gasteiger partial charge in [0.2, 0.25) is 0 Å². The van der Waals surface area contributed by atoms with Gasteiger partial charge in [0.15, 0.2) is 0 Å². The van der Waals surface area contributed by atoms with Gasteiger partial charge in [-0.2, -0.15) is 0 Å². The van der Waals surface area contributed by atoms with Crippen molar-refractivity contribution in [1.29, 1.82) is 0 Å². The van der Waals surface area contributed by atoms with Crippen molar-refractivity contribution in [3.8, 4) is 16.9 Å². The lowest BCUT2D eigenvalue weighted by Crippen LogP contribution is -2.23. The normalized spacial score (nSPS) is 10.9. The Hall–Kier alpha value is -3.08. The van der Waals surface area contributed by atoms with Crippen LogP contribution in [0.15, 0.2) is 71.7 Å². The van der Waals surface area contributed by atoms with E-state index >= 15 is 0 Å². The summed E-state index contributed by atoms with van der Waals surface area (Å²) in [4.78, 5) is 23.6. The van der Waals surface area contributed by atoms with Crippen molar-refractivity contribution in [2.24, 2.45) is 0 Å². The molecular formula is C23H26N2O3. The van der Waals surface area contributed by atoms with Crippen LogP contribution in [0.2, 0.25) is 0 Å².